The molecule has 0 bridgehead atoms. The summed E-state index contributed by atoms with van der Waals surface area (Å²) in [5, 5.41) is 19.6. The Labute approximate surface area is 94.7 Å². The smallest absolute Gasteiger partial charge is 0.320 e. The molecule has 0 radical (unpaired) electrons. The molecule has 1 aromatic rings. The number of aryl methyl sites for hydroxylation is 1. The van der Waals surface area contributed by atoms with Crippen molar-refractivity contribution < 1.29 is 9.90 Å². The summed E-state index contributed by atoms with van der Waals surface area (Å²) in [4.78, 5) is 11.0. The Morgan fingerprint density at radius 1 is 1.62 bits per heavy atom. The molecule has 6 nitrogen and oxygen atoms in total. The van der Waals surface area contributed by atoms with Crippen molar-refractivity contribution in [2.24, 2.45) is 13.0 Å². The first-order chi connectivity index (χ1) is 7.50. The van der Waals surface area contributed by atoms with Gasteiger partial charge in [-0.15, -0.1) is 10.2 Å². The van der Waals surface area contributed by atoms with Crippen molar-refractivity contribution in [1.82, 2.24) is 20.1 Å². The zero-order valence-electron chi connectivity index (χ0n) is 9.84. The molecule has 0 fully saturated rings. The third-order valence-electron chi connectivity index (χ3n) is 2.32. The van der Waals surface area contributed by atoms with Gasteiger partial charge in [-0.2, -0.15) is 0 Å². The number of carboxylic acid groups (broad SMARTS) is 1. The number of aliphatic carboxylic acids is 1. The molecule has 0 spiro atoms. The van der Waals surface area contributed by atoms with Crippen LogP contribution in [0.5, 0.6) is 0 Å². The summed E-state index contributed by atoms with van der Waals surface area (Å²) >= 11 is 0. The van der Waals surface area contributed by atoms with Crippen LogP contribution in [-0.4, -0.2) is 31.9 Å². The fourth-order valence-electron chi connectivity index (χ4n) is 1.42. The summed E-state index contributed by atoms with van der Waals surface area (Å²) in [5.74, 6) is 0.249. The first-order valence-electron chi connectivity index (χ1n) is 5.29. The Morgan fingerprint density at radius 2 is 2.31 bits per heavy atom. The van der Waals surface area contributed by atoms with Crippen molar-refractivity contribution in [3.8, 4) is 0 Å². The Morgan fingerprint density at radius 3 is 2.75 bits per heavy atom. The van der Waals surface area contributed by atoms with Gasteiger partial charge in [0.25, 0.3) is 0 Å². The fourth-order valence-corrected chi connectivity index (χ4v) is 1.42. The molecule has 1 heterocycles. The topological polar surface area (TPSA) is 80.0 Å². The van der Waals surface area contributed by atoms with Gasteiger partial charge in [0.15, 0.2) is 0 Å². The Bertz CT molecular complexity index is 348. The van der Waals surface area contributed by atoms with E-state index in [9.17, 15) is 4.79 Å². The van der Waals surface area contributed by atoms with Crippen LogP contribution in [0.1, 0.15) is 26.1 Å². The van der Waals surface area contributed by atoms with Gasteiger partial charge in [-0.3, -0.25) is 10.1 Å². The lowest BCUT2D eigenvalue weighted by molar-refractivity contribution is -0.140. The summed E-state index contributed by atoms with van der Waals surface area (Å²) in [6, 6.07) is -0.531. The molecule has 0 aliphatic heterocycles. The van der Waals surface area contributed by atoms with Gasteiger partial charge in [0.2, 0.25) is 0 Å². The van der Waals surface area contributed by atoms with Crippen LogP contribution in [0, 0.1) is 5.92 Å². The maximum atomic E-state index is 11.0. The highest BCUT2D eigenvalue weighted by Crippen LogP contribution is 2.05. The summed E-state index contributed by atoms with van der Waals surface area (Å²) in [6.07, 6.45) is 2.20. The molecule has 90 valence electrons. The van der Waals surface area contributed by atoms with Gasteiger partial charge < -0.3 is 9.67 Å². The van der Waals surface area contributed by atoms with Crippen LogP contribution in [0.2, 0.25) is 0 Å². The average Bonchev–Trinajstić information content (AvgIpc) is 2.57. The summed E-state index contributed by atoms with van der Waals surface area (Å²) in [5.41, 5.74) is 0. The van der Waals surface area contributed by atoms with Crippen molar-refractivity contribution in [3.05, 3.63) is 12.2 Å². The molecule has 0 aromatic carbocycles. The van der Waals surface area contributed by atoms with E-state index in [1.807, 2.05) is 20.9 Å². The minimum Gasteiger partial charge on any atom is -0.480 e. The first-order valence-corrected chi connectivity index (χ1v) is 5.29. The van der Waals surface area contributed by atoms with Gasteiger partial charge in [0.05, 0.1) is 6.54 Å². The standard InChI is InChI=1S/C10H18N4O2/c1-7(2)4-8(10(15)16)11-5-9-13-12-6-14(9)3/h6-8,11H,4-5H2,1-3H3,(H,15,16). The predicted molar refractivity (Wildman–Crippen MR) is 58.7 cm³/mol. The van der Waals surface area contributed by atoms with Crippen LogP contribution >= 0.6 is 0 Å². The summed E-state index contributed by atoms with van der Waals surface area (Å²) in [7, 11) is 1.83. The van der Waals surface area contributed by atoms with E-state index in [4.69, 9.17) is 5.11 Å². The molecule has 0 aliphatic rings. The van der Waals surface area contributed by atoms with E-state index in [0.29, 0.717) is 18.9 Å². The van der Waals surface area contributed by atoms with Crippen LogP contribution in [0.25, 0.3) is 0 Å². The van der Waals surface area contributed by atoms with Crippen LogP contribution < -0.4 is 5.32 Å². The van der Waals surface area contributed by atoms with E-state index in [1.54, 1.807) is 10.9 Å². The van der Waals surface area contributed by atoms with E-state index in [0.717, 1.165) is 5.82 Å². The highest BCUT2D eigenvalue weighted by Gasteiger charge is 2.18. The second-order valence-corrected chi connectivity index (χ2v) is 4.26. The Kier molecular flexibility index (Phi) is 4.42. The highest BCUT2D eigenvalue weighted by atomic mass is 16.4. The summed E-state index contributed by atoms with van der Waals surface area (Å²) < 4.78 is 1.77. The second kappa shape index (κ2) is 5.60. The number of carboxylic acids is 1. The Balaban J connectivity index is 2.50. The molecule has 1 rings (SSSR count). The molecule has 2 N–H and O–H groups in total. The van der Waals surface area contributed by atoms with Crippen LogP contribution in [0.15, 0.2) is 6.33 Å². The zero-order valence-corrected chi connectivity index (χ0v) is 9.84. The predicted octanol–water partition coefficient (Wildman–Crippen LogP) is 0.404. The SMILES string of the molecule is CC(C)CC(NCc1nncn1C)C(=O)O. The molecule has 0 saturated carbocycles. The van der Waals surface area contributed by atoms with Crippen molar-refractivity contribution in [2.45, 2.75) is 32.9 Å². The maximum Gasteiger partial charge on any atom is 0.320 e. The minimum atomic E-state index is -0.823. The average molecular weight is 226 g/mol. The molecule has 6 heteroatoms. The van der Waals surface area contributed by atoms with E-state index in [2.05, 4.69) is 15.5 Å². The van der Waals surface area contributed by atoms with Gasteiger partial charge in [0.1, 0.15) is 18.2 Å². The maximum absolute atomic E-state index is 11.0. The summed E-state index contributed by atoms with van der Waals surface area (Å²) in [6.45, 7) is 4.42. The fraction of sp³-hybridized carbons (Fsp3) is 0.700. The minimum absolute atomic E-state index is 0.341. The van der Waals surface area contributed by atoms with Crippen LogP contribution in [-0.2, 0) is 18.4 Å². The zero-order chi connectivity index (χ0) is 12.1. The molecule has 1 unspecified atom stereocenters. The number of nitrogens with zero attached hydrogens (tertiary/aromatic N) is 3. The Hall–Kier alpha value is -1.43. The number of rotatable bonds is 6. The van der Waals surface area contributed by atoms with Gasteiger partial charge in [-0.05, 0) is 12.3 Å². The quantitative estimate of drug-likeness (QED) is 0.734. The van der Waals surface area contributed by atoms with Crippen molar-refractivity contribution in [1.29, 1.82) is 0 Å². The largest absolute Gasteiger partial charge is 0.480 e. The molecule has 16 heavy (non-hydrogen) atoms. The molecular formula is C10H18N4O2. The van der Waals surface area contributed by atoms with Crippen LogP contribution in [0.3, 0.4) is 0 Å². The van der Waals surface area contributed by atoms with Gasteiger partial charge >= 0.3 is 5.97 Å². The van der Waals surface area contributed by atoms with Gasteiger partial charge in [0, 0.05) is 7.05 Å². The van der Waals surface area contributed by atoms with Gasteiger partial charge in [-0.1, -0.05) is 13.8 Å². The lowest BCUT2D eigenvalue weighted by atomic mass is 10.0. The van der Waals surface area contributed by atoms with Crippen LogP contribution in [0.4, 0.5) is 0 Å². The number of hydrogen-bond acceptors (Lipinski definition) is 4. The van der Waals surface area contributed by atoms with E-state index < -0.39 is 12.0 Å². The molecule has 0 aliphatic carbocycles. The lowest BCUT2D eigenvalue weighted by Gasteiger charge is -2.15. The lowest BCUT2D eigenvalue weighted by Crippen LogP contribution is -2.37. The highest BCUT2D eigenvalue weighted by molar-refractivity contribution is 5.73. The van der Waals surface area contributed by atoms with Crippen molar-refractivity contribution >= 4 is 5.97 Å². The van der Waals surface area contributed by atoms with E-state index in [-0.39, 0.29) is 0 Å². The third kappa shape index (κ3) is 3.62. The van der Waals surface area contributed by atoms with E-state index in [1.165, 1.54) is 0 Å². The molecule has 1 aromatic heterocycles. The number of carbonyl (C=O) groups is 1. The number of nitrogens with one attached hydrogen (secondary N) is 1. The second-order valence-electron chi connectivity index (χ2n) is 4.26. The molecular weight excluding hydrogens is 208 g/mol. The number of hydrogen-bond donors (Lipinski definition) is 2. The first kappa shape index (κ1) is 12.6. The monoisotopic (exact) mass is 226 g/mol. The normalized spacial score (nSPS) is 13.0. The molecule has 1 atom stereocenters. The molecule has 0 amide bonds. The third-order valence-corrected chi connectivity index (χ3v) is 2.32. The van der Waals surface area contributed by atoms with Gasteiger partial charge in [-0.25, -0.2) is 0 Å². The number of aromatic nitrogens is 3. The van der Waals surface area contributed by atoms with Crippen molar-refractivity contribution in [2.75, 3.05) is 0 Å². The molecule has 0 saturated heterocycles. The van der Waals surface area contributed by atoms with Crippen molar-refractivity contribution in [3.63, 3.8) is 0 Å². The van der Waals surface area contributed by atoms with E-state index >= 15 is 0 Å².